The molecule has 0 radical (unpaired) electrons. The summed E-state index contributed by atoms with van der Waals surface area (Å²) < 4.78 is 1.85. The molecule has 0 atom stereocenters. The molecule has 22 heavy (non-hydrogen) atoms. The number of aryl methyl sites for hydroxylation is 3. The Bertz CT molecular complexity index is 601. The second-order valence-electron chi connectivity index (χ2n) is 5.05. The van der Waals surface area contributed by atoms with Crippen LogP contribution < -0.4 is 10.6 Å². The monoisotopic (exact) mass is 320 g/mol. The highest BCUT2D eigenvalue weighted by Gasteiger charge is 2.01. The fourth-order valence-electron chi connectivity index (χ4n) is 2.02. The predicted molar refractivity (Wildman–Crippen MR) is 91.2 cm³/mol. The quantitative estimate of drug-likeness (QED) is 0.464. The Labute approximate surface area is 135 Å². The van der Waals surface area contributed by atoms with E-state index in [0.717, 1.165) is 43.3 Å². The van der Waals surface area contributed by atoms with Crippen LogP contribution in [0.3, 0.4) is 0 Å². The van der Waals surface area contributed by atoms with Gasteiger partial charge in [0.05, 0.1) is 17.2 Å². The van der Waals surface area contributed by atoms with Crippen LogP contribution in [-0.2, 0) is 20.0 Å². The minimum absolute atomic E-state index is 0.623. The van der Waals surface area contributed by atoms with Crippen molar-refractivity contribution < 1.29 is 0 Å². The average molecular weight is 320 g/mol. The van der Waals surface area contributed by atoms with Gasteiger partial charge in [0.2, 0.25) is 0 Å². The molecule has 120 valence electrons. The molecule has 2 rings (SSSR count). The molecular formula is C15H24N6S. The molecule has 0 saturated heterocycles. The van der Waals surface area contributed by atoms with Gasteiger partial charge in [0.25, 0.3) is 0 Å². The van der Waals surface area contributed by atoms with E-state index < -0.39 is 0 Å². The first-order chi connectivity index (χ1) is 10.7. The first-order valence-electron chi connectivity index (χ1n) is 7.59. The van der Waals surface area contributed by atoms with Crippen LogP contribution in [0, 0.1) is 6.92 Å². The van der Waals surface area contributed by atoms with E-state index in [0.29, 0.717) is 6.54 Å². The van der Waals surface area contributed by atoms with Gasteiger partial charge in [-0.05, 0) is 26.3 Å². The summed E-state index contributed by atoms with van der Waals surface area (Å²) in [6, 6.07) is 1.98. The third-order valence-corrected chi connectivity index (χ3v) is 4.22. The lowest BCUT2D eigenvalue weighted by Gasteiger charge is -2.10. The molecule has 0 bridgehead atoms. The summed E-state index contributed by atoms with van der Waals surface area (Å²) in [5.74, 6) is 0.846. The van der Waals surface area contributed by atoms with E-state index >= 15 is 0 Å². The molecule has 6 nitrogen and oxygen atoms in total. The summed E-state index contributed by atoms with van der Waals surface area (Å²) in [5, 5.41) is 14.1. The Balaban J connectivity index is 1.77. The number of rotatable bonds is 7. The van der Waals surface area contributed by atoms with E-state index in [1.165, 1.54) is 5.01 Å². The molecule has 2 aromatic rings. The van der Waals surface area contributed by atoms with Crippen molar-refractivity contribution in [1.82, 2.24) is 25.4 Å². The Morgan fingerprint density at radius 3 is 2.91 bits per heavy atom. The largest absolute Gasteiger partial charge is 0.357 e. The minimum atomic E-state index is 0.623. The molecule has 0 spiro atoms. The molecule has 0 aliphatic rings. The van der Waals surface area contributed by atoms with Crippen molar-refractivity contribution in [1.29, 1.82) is 0 Å². The lowest BCUT2D eigenvalue weighted by Crippen LogP contribution is -2.37. The van der Waals surface area contributed by atoms with Crippen molar-refractivity contribution in [2.24, 2.45) is 12.0 Å². The van der Waals surface area contributed by atoms with Crippen LogP contribution in [0.2, 0.25) is 0 Å². The maximum Gasteiger partial charge on any atom is 0.191 e. The van der Waals surface area contributed by atoms with Crippen LogP contribution in [0.25, 0.3) is 0 Å². The van der Waals surface area contributed by atoms with Crippen molar-refractivity contribution >= 4 is 17.3 Å². The topological polar surface area (TPSA) is 67.1 Å². The van der Waals surface area contributed by atoms with E-state index in [2.05, 4.69) is 38.0 Å². The zero-order chi connectivity index (χ0) is 15.8. The van der Waals surface area contributed by atoms with Crippen LogP contribution in [0.15, 0.2) is 22.6 Å². The number of aromatic nitrogens is 3. The second-order valence-corrected chi connectivity index (χ2v) is 6.00. The van der Waals surface area contributed by atoms with Gasteiger partial charge in [-0.2, -0.15) is 5.10 Å². The highest BCUT2D eigenvalue weighted by Crippen LogP contribution is 2.10. The maximum atomic E-state index is 4.59. The molecular weight excluding hydrogens is 296 g/mol. The summed E-state index contributed by atoms with van der Waals surface area (Å²) in [6.07, 6.45) is 3.84. The van der Waals surface area contributed by atoms with Gasteiger partial charge >= 0.3 is 0 Å². The Morgan fingerprint density at radius 1 is 1.41 bits per heavy atom. The SMILES string of the molecule is CCNC(=NCc1ccnn1C)NCCCc1nc(C)cs1. The van der Waals surface area contributed by atoms with Crippen molar-refractivity contribution in [3.63, 3.8) is 0 Å². The number of guanidine groups is 1. The number of nitrogens with one attached hydrogen (secondary N) is 2. The molecule has 2 aromatic heterocycles. The summed E-state index contributed by atoms with van der Waals surface area (Å²) >= 11 is 1.73. The molecule has 7 heteroatoms. The van der Waals surface area contributed by atoms with Crippen LogP contribution in [0.1, 0.15) is 29.7 Å². The summed E-state index contributed by atoms with van der Waals surface area (Å²) in [5.41, 5.74) is 2.20. The number of thiazole rings is 1. The van der Waals surface area contributed by atoms with Crippen LogP contribution >= 0.6 is 11.3 Å². The maximum absolute atomic E-state index is 4.59. The lowest BCUT2D eigenvalue weighted by atomic mass is 10.3. The fourth-order valence-corrected chi connectivity index (χ4v) is 2.84. The number of nitrogens with zero attached hydrogens (tertiary/aromatic N) is 4. The van der Waals surface area contributed by atoms with E-state index in [4.69, 9.17) is 0 Å². The summed E-state index contributed by atoms with van der Waals surface area (Å²) in [6.45, 7) is 6.46. The first-order valence-corrected chi connectivity index (χ1v) is 8.47. The van der Waals surface area contributed by atoms with E-state index in [9.17, 15) is 0 Å². The Kier molecular flexibility index (Phi) is 6.39. The third-order valence-electron chi connectivity index (χ3n) is 3.19. The van der Waals surface area contributed by atoms with Crippen LogP contribution in [0.4, 0.5) is 0 Å². The molecule has 0 aromatic carbocycles. The van der Waals surface area contributed by atoms with Crippen molar-refractivity contribution in [3.05, 3.63) is 34.0 Å². The van der Waals surface area contributed by atoms with Gasteiger partial charge in [0.15, 0.2) is 5.96 Å². The average Bonchev–Trinajstić information content (AvgIpc) is 3.09. The van der Waals surface area contributed by atoms with Gasteiger partial charge in [-0.1, -0.05) is 0 Å². The van der Waals surface area contributed by atoms with Gasteiger partial charge < -0.3 is 10.6 Å². The van der Waals surface area contributed by atoms with Crippen molar-refractivity contribution in [2.75, 3.05) is 13.1 Å². The summed E-state index contributed by atoms with van der Waals surface area (Å²) in [4.78, 5) is 9.06. The van der Waals surface area contributed by atoms with Gasteiger partial charge in [0.1, 0.15) is 0 Å². The number of hydrogen-bond acceptors (Lipinski definition) is 4. The molecule has 0 unspecified atom stereocenters. The third kappa shape index (κ3) is 5.14. The highest BCUT2D eigenvalue weighted by molar-refractivity contribution is 7.09. The smallest absolute Gasteiger partial charge is 0.191 e. The summed E-state index contributed by atoms with van der Waals surface area (Å²) in [7, 11) is 1.93. The molecule has 2 N–H and O–H groups in total. The van der Waals surface area contributed by atoms with Gasteiger partial charge in [-0.25, -0.2) is 9.98 Å². The standard InChI is InChI=1S/C15H24N6S/c1-4-16-15(18-10-13-7-9-19-21(13)3)17-8-5-6-14-20-12(2)11-22-14/h7,9,11H,4-6,8,10H2,1-3H3,(H2,16,17,18). The normalized spacial score (nSPS) is 11.7. The predicted octanol–water partition coefficient (Wildman–Crippen LogP) is 1.87. The van der Waals surface area contributed by atoms with E-state index in [1.807, 2.05) is 24.7 Å². The van der Waals surface area contributed by atoms with Crippen LogP contribution in [0.5, 0.6) is 0 Å². The first kappa shape index (κ1) is 16.5. The van der Waals surface area contributed by atoms with Gasteiger partial charge in [-0.3, -0.25) is 4.68 Å². The lowest BCUT2D eigenvalue weighted by molar-refractivity contribution is 0.703. The minimum Gasteiger partial charge on any atom is -0.357 e. The molecule has 0 amide bonds. The molecule has 2 heterocycles. The van der Waals surface area contributed by atoms with Gasteiger partial charge in [-0.15, -0.1) is 11.3 Å². The van der Waals surface area contributed by atoms with E-state index in [1.54, 1.807) is 17.5 Å². The number of hydrogen-bond donors (Lipinski definition) is 2. The zero-order valence-corrected chi connectivity index (χ0v) is 14.3. The highest BCUT2D eigenvalue weighted by atomic mass is 32.1. The zero-order valence-electron chi connectivity index (χ0n) is 13.5. The Morgan fingerprint density at radius 2 is 2.27 bits per heavy atom. The molecule has 0 aliphatic carbocycles. The molecule has 0 saturated carbocycles. The molecule has 0 fully saturated rings. The van der Waals surface area contributed by atoms with Crippen LogP contribution in [-0.4, -0.2) is 33.8 Å². The number of aliphatic imine (C=N–C) groups is 1. The van der Waals surface area contributed by atoms with Crippen molar-refractivity contribution in [2.45, 2.75) is 33.2 Å². The Hall–Kier alpha value is -1.89. The fraction of sp³-hybridized carbons (Fsp3) is 0.533. The van der Waals surface area contributed by atoms with E-state index in [-0.39, 0.29) is 0 Å². The van der Waals surface area contributed by atoms with Gasteiger partial charge in [0, 0.05) is 43.8 Å². The molecule has 0 aliphatic heterocycles. The van der Waals surface area contributed by atoms with Crippen molar-refractivity contribution in [3.8, 4) is 0 Å². The second kappa shape index (κ2) is 8.53.